The number of rotatable bonds is 8. The summed E-state index contributed by atoms with van der Waals surface area (Å²) in [6, 6.07) is 0. The van der Waals surface area contributed by atoms with Crippen molar-refractivity contribution in [2.45, 2.75) is 58.9 Å². The summed E-state index contributed by atoms with van der Waals surface area (Å²) < 4.78 is 0. The molecule has 0 rings (SSSR count). The first-order chi connectivity index (χ1) is 7.02. The summed E-state index contributed by atoms with van der Waals surface area (Å²) in [6.07, 6.45) is 3.81. The molecule has 1 unspecified atom stereocenters. The molecule has 15 heavy (non-hydrogen) atoms. The van der Waals surface area contributed by atoms with E-state index >= 15 is 0 Å². The molecule has 0 saturated carbocycles. The molecule has 0 aliphatic heterocycles. The maximum atomic E-state index is 11.3. The van der Waals surface area contributed by atoms with Crippen LogP contribution in [0.15, 0.2) is 0 Å². The van der Waals surface area contributed by atoms with Crippen molar-refractivity contribution < 1.29 is 9.90 Å². The highest BCUT2D eigenvalue weighted by atomic mass is 16.4. The second kappa shape index (κ2) is 6.83. The first-order valence-corrected chi connectivity index (χ1v) is 6.01. The first-order valence-electron chi connectivity index (χ1n) is 6.01. The zero-order chi connectivity index (χ0) is 11.9. The van der Waals surface area contributed by atoms with Crippen LogP contribution in [0.2, 0.25) is 0 Å². The Bertz CT molecular complexity index is 194. The van der Waals surface area contributed by atoms with Crippen molar-refractivity contribution in [3.05, 3.63) is 0 Å². The summed E-state index contributed by atoms with van der Waals surface area (Å²) in [4.78, 5) is 13.4. The molecule has 0 bridgehead atoms. The first kappa shape index (κ1) is 14.4. The van der Waals surface area contributed by atoms with E-state index in [1.807, 2.05) is 20.8 Å². The number of unbranched alkanes of at least 4 members (excludes halogenated alkanes) is 1. The zero-order valence-electron chi connectivity index (χ0n) is 10.5. The second-order valence-electron chi connectivity index (χ2n) is 4.26. The van der Waals surface area contributed by atoms with E-state index < -0.39 is 11.5 Å². The van der Waals surface area contributed by atoms with Crippen LogP contribution in [0.5, 0.6) is 0 Å². The van der Waals surface area contributed by atoms with Gasteiger partial charge in [0.25, 0.3) is 0 Å². The van der Waals surface area contributed by atoms with Crippen LogP contribution in [0.4, 0.5) is 0 Å². The van der Waals surface area contributed by atoms with Gasteiger partial charge in [-0.05, 0) is 32.9 Å². The number of likely N-dealkylation sites (N-methyl/N-ethyl adjacent to an activating group) is 1. The SMILES string of the molecule is CCCCN(CC)C(C)(CCC)C(=O)O. The fraction of sp³-hybridized carbons (Fsp3) is 0.917. The molecule has 0 saturated heterocycles. The van der Waals surface area contributed by atoms with Crippen LogP contribution in [0.1, 0.15) is 53.4 Å². The fourth-order valence-electron chi connectivity index (χ4n) is 1.99. The normalized spacial score (nSPS) is 15.3. The van der Waals surface area contributed by atoms with Gasteiger partial charge < -0.3 is 5.11 Å². The van der Waals surface area contributed by atoms with Gasteiger partial charge in [-0.3, -0.25) is 9.69 Å². The highest BCUT2D eigenvalue weighted by Gasteiger charge is 2.37. The van der Waals surface area contributed by atoms with E-state index in [-0.39, 0.29) is 0 Å². The van der Waals surface area contributed by atoms with Crippen LogP contribution < -0.4 is 0 Å². The van der Waals surface area contributed by atoms with Gasteiger partial charge in [-0.1, -0.05) is 33.6 Å². The lowest BCUT2D eigenvalue weighted by atomic mass is 9.93. The van der Waals surface area contributed by atoms with E-state index in [4.69, 9.17) is 0 Å². The van der Waals surface area contributed by atoms with Gasteiger partial charge in [0, 0.05) is 0 Å². The minimum absolute atomic E-state index is 0.682. The van der Waals surface area contributed by atoms with E-state index in [0.29, 0.717) is 0 Å². The Morgan fingerprint density at radius 1 is 1.27 bits per heavy atom. The summed E-state index contributed by atoms with van der Waals surface area (Å²) in [6.45, 7) is 9.74. The van der Waals surface area contributed by atoms with Crippen molar-refractivity contribution in [3.63, 3.8) is 0 Å². The lowest BCUT2D eigenvalue weighted by molar-refractivity contribution is -0.151. The summed E-state index contributed by atoms with van der Waals surface area (Å²) >= 11 is 0. The minimum atomic E-state index is -0.692. The predicted molar refractivity (Wildman–Crippen MR) is 63.1 cm³/mol. The molecule has 0 aromatic rings. The van der Waals surface area contributed by atoms with E-state index in [2.05, 4.69) is 11.8 Å². The number of nitrogens with zero attached hydrogens (tertiary/aromatic N) is 1. The fourth-order valence-corrected chi connectivity index (χ4v) is 1.99. The number of carboxylic acid groups (broad SMARTS) is 1. The molecule has 3 heteroatoms. The predicted octanol–water partition coefficient (Wildman–Crippen LogP) is 2.75. The van der Waals surface area contributed by atoms with E-state index in [0.717, 1.165) is 38.8 Å². The van der Waals surface area contributed by atoms with Gasteiger partial charge in [0.05, 0.1) is 0 Å². The van der Waals surface area contributed by atoms with Crippen LogP contribution in [0.25, 0.3) is 0 Å². The number of aliphatic carboxylic acids is 1. The molecular weight excluding hydrogens is 190 g/mol. The third-order valence-electron chi connectivity index (χ3n) is 3.06. The highest BCUT2D eigenvalue weighted by molar-refractivity contribution is 5.78. The lowest BCUT2D eigenvalue weighted by Gasteiger charge is -2.37. The Kier molecular flexibility index (Phi) is 6.57. The van der Waals surface area contributed by atoms with Gasteiger partial charge in [-0.2, -0.15) is 0 Å². The molecule has 0 spiro atoms. The monoisotopic (exact) mass is 215 g/mol. The highest BCUT2D eigenvalue weighted by Crippen LogP contribution is 2.22. The van der Waals surface area contributed by atoms with Gasteiger partial charge >= 0.3 is 5.97 Å². The zero-order valence-corrected chi connectivity index (χ0v) is 10.5. The van der Waals surface area contributed by atoms with Crippen molar-refractivity contribution in [2.75, 3.05) is 13.1 Å². The largest absolute Gasteiger partial charge is 0.480 e. The van der Waals surface area contributed by atoms with E-state index in [9.17, 15) is 9.90 Å². The lowest BCUT2D eigenvalue weighted by Crippen LogP contribution is -2.52. The van der Waals surface area contributed by atoms with Crippen LogP contribution in [-0.4, -0.2) is 34.6 Å². The van der Waals surface area contributed by atoms with Crippen LogP contribution in [0.3, 0.4) is 0 Å². The van der Waals surface area contributed by atoms with Crippen LogP contribution in [-0.2, 0) is 4.79 Å². The van der Waals surface area contributed by atoms with Crippen LogP contribution in [0, 0.1) is 0 Å². The third-order valence-corrected chi connectivity index (χ3v) is 3.06. The van der Waals surface area contributed by atoms with Crippen molar-refractivity contribution in [1.29, 1.82) is 0 Å². The summed E-state index contributed by atoms with van der Waals surface area (Å²) in [5.74, 6) is -0.692. The number of carbonyl (C=O) groups is 1. The van der Waals surface area contributed by atoms with Gasteiger partial charge in [-0.15, -0.1) is 0 Å². The van der Waals surface area contributed by atoms with Gasteiger partial charge in [-0.25, -0.2) is 0 Å². The molecular formula is C12H25NO2. The number of hydrogen-bond acceptors (Lipinski definition) is 2. The molecule has 0 aliphatic rings. The number of carboxylic acids is 1. The minimum Gasteiger partial charge on any atom is -0.480 e. The molecule has 0 radical (unpaired) electrons. The average Bonchev–Trinajstić information content (AvgIpc) is 2.19. The Morgan fingerprint density at radius 3 is 2.20 bits per heavy atom. The molecule has 0 amide bonds. The molecule has 0 aromatic heterocycles. The molecule has 0 heterocycles. The van der Waals surface area contributed by atoms with Crippen LogP contribution >= 0.6 is 0 Å². The Balaban J connectivity index is 4.61. The van der Waals surface area contributed by atoms with E-state index in [1.165, 1.54) is 0 Å². The second-order valence-corrected chi connectivity index (χ2v) is 4.26. The summed E-state index contributed by atoms with van der Waals surface area (Å²) in [5.41, 5.74) is -0.682. The third kappa shape index (κ3) is 3.82. The van der Waals surface area contributed by atoms with Crippen molar-refractivity contribution in [3.8, 4) is 0 Å². The summed E-state index contributed by atoms with van der Waals surface area (Å²) in [5, 5.41) is 9.32. The Labute approximate surface area is 93.5 Å². The molecule has 3 nitrogen and oxygen atoms in total. The van der Waals surface area contributed by atoms with Crippen molar-refractivity contribution >= 4 is 5.97 Å². The summed E-state index contributed by atoms with van der Waals surface area (Å²) in [7, 11) is 0. The molecule has 0 aliphatic carbocycles. The number of hydrogen-bond donors (Lipinski definition) is 1. The van der Waals surface area contributed by atoms with Crippen molar-refractivity contribution in [1.82, 2.24) is 4.90 Å². The topological polar surface area (TPSA) is 40.5 Å². The average molecular weight is 215 g/mol. The van der Waals surface area contributed by atoms with E-state index in [1.54, 1.807) is 0 Å². The maximum Gasteiger partial charge on any atom is 0.323 e. The van der Waals surface area contributed by atoms with Gasteiger partial charge in [0.1, 0.15) is 5.54 Å². The van der Waals surface area contributed by atoms with Gasteiger partial charge in [0.2, 0.25) is 0 Å². The maximum absolute atomic E-state index is 11.3. The molecule has 1 N–H and O–H groups in total. The quantitative estimate of drug-likeness (QED) is 0.677. The Morgan fingerprint density at radius 2 is 1.87 bits per heavy atom. The molecule has 0 aromatic carbocycles. The van der Waals surface area contributed by atoms with Gasteiger partial charge in [0.15, 0.2) is 0 Å². The molecule has 90 valence electrons. The smallest absolute Gasteiger partial charge is 0.323 e. The standard InChI is InChI=1S/C12H25NO2/c1-5-8-10-13(7-3)12(4,9-6-2)11(14)15/h5-10H2,1-4H3,(H,14,15). The molecule has 0 fully saturated rings. The molecule has 1 atom stereocenters. The Hall–Kier alpha value is -0.570. The van der Waals surface area contributed by atoms with Crippen molar-refractivity contribution in [2.24, 2.45) is 0 Å².